The number of hydrogen-bond donors (Lipinski definition) is 1. The largest absolute Gasteiger partial charge is 0.497 e. The van der Waals surface area contributed by atoms with Crippen LogP contribution in [0.15, 0.2) is 36.8 Å². The van der Waals surface area contributed by atoms with Crippen LogP contribution in [0, 0.1) is 0 Å². The Bertz CT molecular complexity index is 657. The average Bonchev–Trinajstić information content (AvgIpc) is 2.61. The van der Waals surface area contributed by atoms with Gasteiger partial charge in [0.25, 0.3) is 0 Å². The molecule has 1 aromatic carbocycles. The van der Waals surface area contributed by atoms with Gasteiger partial charge in [0.05, 0.1) is 26.5 Å². The first kappa shape index (κ1) is 17.7. The van der Waals surface area contributed by atoms with Gasteiger partial charge in [0, 0.05) is 36.1 Å². The number of anilines is 1. The quantitative estimate of drug-likeness (QED) is 0.838. The molecule has 0 radical (unpaired) electrons. The number of hydrogen-bond acceptors (Lipinski definition) is 6. The van der Waals surface area contributed by atoms with Crippen LogP contribution in [0.3, 0.4) is 0 Å². The lowest BCUT2D eigenvalue weighted by Gasteiger charge is -2.23. The van der Waals surface area contributed by atoms with Crippen molar-refractivity contribution in [1.29, 1.82) is 0 Å². The number of methoxy groups -OCH3 is 2. The third kappa shape index (κ3) is 4.66. The molecule has 1 N–H and O–H groups in total. The minimum Gasteiger partial charge on any atom is -0.497 e. The van der Waals surface area contributed by atoms with E-state index in [1.165, 1.54) is 6.33 Å². The molecule has 0 aliphatic rings. The predicted molar refractivity (Wildman–Crippen MR) is 91.3 cm³/mol. The third-order valence-corrected chi connectivity index (χ3v) is 3.72. The second-order valence-corrected chi connectivity index (χ2v) is 5.37. The molecule has 7 nitrogen and oxygen atoms in total. The molecule has 0 spiro atoms. The van der Waals surface area contributed by atoms with Crippen LogP contribution < -0.4 is 14.8 Å². The summed E-state index contributed by atoms with van der Waals surface area (Å²) in [7, 11) is 5.01. The fourth-order valence-electron chi connectivity index (χ4n) is 2.22. The van der Waals surface area contributed by atoms with Gasteiger partial charge in [-0.3, -0.25) is 9.69 Å². The van der Waals surface area contributed by atoms with E-state index >= 15 is 0 Å². The van der Waals surface area contributed by atoms with Gasteiger partial charge in [0.15, 0.2) is 0 Å². The summed E-state index contributed by atoms with van der Waals surface area (Å²) >= 11 is 0. The minimum atomic E-state index is -0.131. The third-order valence-electron chi connectivity index (χ3n) is 3.72. The fourth-order valence-corrected chi connectivity index (χ4v) is 2.22. The summed E-state index contributed by atoms with van der Waals surface area (Å²) in [5, 5.41) is 2.86. The molecule has 7 heteroatoms. The van der Waals surface area contributed by atoms with E-state index in [4.69, 9.17) is 9.47 Å². The first-order valence-electron chi connectivity index (χ1n) is 7.52. The summed E-state index contributed by atoms with van der Waals surface area (Å²) in [6.07, 6.45) is 3.19. The molecule has 0 fully saturated rings. The predicted octanol–water partition coefficient (Wildman–Crippen LogP) is 2.13. The van der Waals surface area contributed by atoms with Crippen LogP contribution in [-0.4, -0.2) is 48.6 Å². The second-order valence-electron chi connectivity index (χ2n) is 5.37. The Balaban J connectivity index is 2.00. The molecule has 1 heterocycles. The highest BCUT2D eigenvalue weighted by atomic mass is 16.5. The first-order chi connectivity index (χ1) is 11.5. The van der Waals surface area contributed by atoms with E-state index in [0.29, 0.717) is 17.2 Å². The van der Waals surface area contributed by atoms with Crippen molar-refractivity contribution in [3.05, 3.63) is 42.5 Å². The van der Waals surface area contributed by atoms with Crippen molar-refractivity contribution in [2.45, 2.75) is 13.0 Å². The number of nitrogens with zero attached hydrogens (tertiary/aromatic N) is 3. The van der Waals surface area contributed by atoms with Gasteiger partial charge in [0.2, 0.25) is 5.91 Å². The summed E-state index contributed by atoms with van der Waals surface area (Å²) in [6, 6.07) is 7.08. The van der Waals surface area contributed by atoms with E-state index in [1.54, 1.807) is 38.6 Å². The number of carbonyl (C=O) groups excluding carboxylic acids is 1. The van der Waals surface area contributed by atoms with Crippen molar-refractivity contribution in [3.63, 3.8) is 0 Å². The van der Waals surface area contributed by atoms with E-state index in [-0.39, 0.29) is 18.5 Å². The van der Waals surface area contributed by atoms with Crippen LogP contribution in [0.25, 0.3) is 0 Å². The maximum atomic E-state index is 12.3. The molecule has 0 aliphatic heterocycles. The molecule has 24 heavy (non-hydrogen) atoms. The molecule has 0 saturated heterocycles. The number of benzene rings is 1. The maximum absolute atomic E-state index is 12.3. The van der Waals surface area contributed by atoms with E-state index in [2.05, 4.69) is 15.3 Å². The van der Waals surface area contributed by atoms with Crippen molar-refractivity contribution < 1.29 is 14.3 Å². The van der Waals surface area contributed by atoms with Gasteiger partial charge in [-0.2, -0.15) is 0 Å². The summed E-state index contributed by atoms with van der Waals surface area (Å²) in [5.41, 5.74) is 1.49. The lowest BCUT2D eigenvalue weighted by molar-refractivity contribution is -0.117. The molecule has 0 bridgehead atoms. The van der Waals surface area contributed by atoms with Gasteiger partial charge < -0.3 is 14.8 Å². The average molecular weight is 330 g/mol. The van der Waals surface area contributed by atoms with Crippen molar-refractivity contribution in [1.82, 2.24) is 14.9 Å². The van der Waals surface area contributed by atoms with Gasteiger partial charge in [0.1, 0.15) is 17.8 Å². The summed E-state index contributed by atoms with van der Waals surface area (Å²) in [6.45, 7) is 2.22. The van der Waals surface area contributed by atoms with Crippen molar-refractivity contribution in [2.75, 3.05) is 33.1 Å². The lowest BCUT2D eigenvalue weighted by atomic mass is 10.2. The molecule has 128 valence electrons. The molecule has 1 atom stereocenters. The number of nitrogens with one attached hydrogen (secondary N) is 1. The molecule has 1 unspecified atom stereocenters. The maximum Gasteiger partial charge on any atom is 0.238 e. The van der Waals surface area contributed by atoms with Gasteiger partial charge in [-0.05, 0) is 20.0 Å². The highest BCUT2D eigenvalue weighted by molar-refractivity contribution is 5.92. The second kappa shape index (κ2) is 8.26. The Kier molecular flexibility index (Phi) is 6.08. The lowest BCUT2D eigenvalue weighted by Crippen LogP contribution is -2.32. The van der Waals surface area contributed by atoms with E-state index in [9.17, 15) is 4.79 Å². The number of carbonyl (C=O) groups is 1. The van der Waals surface area contributed by atoms with Crippen LogP contribution in [0.4, 0.5) is 5.69 Å². The molecule has 2 rings (SSSR count). The summed E-state index contributed by atoms with van der Waals surface area (Å²) < 4.78 is 10.4. The van der Waals surface area contributed by atoms with E-state index in [1.807, 2.05) is 24.9 Å². The summed E-state index contributed by atoms with van der Waals surface area (Å²) in [5.74, 6) is 1.11. The van der Waals surface area contributed by atoms with Crippen molar-refractivity contribution in [2.24, 2.45) is 0 Å². The molecular formula is C17H22N4O3. The van der Waals surface area contributed by atoms with Crippen LogP contribution in [0.1, 0.15) is 18.7 Å². The molecule has 0 aliphatic carbocycles. The fraction of sp³-hybridized carbons (Fsp3) is 0.353. The first-order valence-corrected chi connectivity index (χ1v) is 7.52. The number of amides is 1. The number of aromatic nitrogens is 2. The van der Waals surface area contributed by atoms with Crippen LogP contribution in [0.5, 0.6) is 11.5 Å². The normalized spacial score (nSPS) is 11.9. The van der Waals surface area contributed by atoms with E-state index < -0.39 is 0 Å². The SMILES string of the molecule is COc1cc(NC(=O)CN(C)C(C)c2ccncn2)cc(OC)c1. The number of rotatable bonds is 7. The Labute approximate surface area is 141 Å². The van der Waals surface area contributed by atoms with Gasteiger partial charge in [-0.15, -0.1) is 0 Å². The molecule has 1 aromatic heterocycles. The number of likely N-dealkylation sites (N-methyl/N-ethyl adjacent to an activating group) is 1. The molecular weight excluding hydrogens is 308 g/mol. The van der Waals surface area contributed by atoms with Gasteiger partial charge in [-0.1, -0.05) is 0 Å². The topological polar surface area (TPSA) is 76.6 Å². The van der Waals surface area contributed by atoms with Crippen LogP contribution in [0.2, 0.25) is 0 Å². The Hall–Kier alpha value is -2.67. The zero-order chi connectivity index (χ0) is 17.5. The minimum absolute atomic E-state index is 0.00130. The Morgan fingerprint density at radius 2 is 1.92 bits per heavy atom. The van der Waals surface area contributed by atoms with E-state index in [0.717, 1.165) is 5.69 Å². The Morgan fingerprint density at radius 3 is 2.46 bits per heavy atom. The van der Waals surface area contributed by atoms with Crippen LogP contribution in [-0.2, 0) is 4.79 Å². The number of ether oxygens (including phenoxy) is 2. The van der Waals surface area contributed by atoms with Crippen molar-refractivity contribution >= 4 is 11.6 Å². The monoisotopic (exact) mass is 330 g/mol. The highest BCUT2D eigenvalue weighted by Gasteiger charge is 2.16. The smallest absolute Gasteiger partial charge is 0.238 e. The van der Waals surface area contributed by atoms with Crippen molar-refractivity contribution in [3.8, 4) is 11.5 Å². The van der Waals surface area contributed by atoms with Gasteiger partial charge >= 0.3 is 0 Å². The highest BCUT2D eigenvalue weighted by Crippen LogP contribution is 2.25. The Morgan fingerprint density at radius 1 is 1.25 bits per heavy atom. The molecule has 2 aromatic rings. The molecule has 0 saturated carbocycles. The standard InChI is InChI=1S/C17H22N4O3/c1-12(16-5-6-18-11-19-16)21(2)10-17(22)20-13-7-14(23-3)9-15(8-13)24-4/h5-9,11-12H,10H2,1-4H3,(H,20,22). The van der Waals surface area contributed by atoms with Crippen LogP contribution >= 0.6 is 0 Å². The van der Waals surface area contributed by atoms with Gasteiger partial charge in [-0.25, -0.2) is 9.97 Å². The molecule has 1 amide bonds. The summed E-state index contributed by atoms with van der Waals surface area (Å²) in [4.78, 5) is 22.3. The zero-order valence-corrected chi connectivity index (χ0v) is 14.3. The zero-order valence-electron chi connectivity index (χ0n) is 14.3.